The maximum absolute atomic E-state index is 6.26. The monoisotopic (exact) mass is 338 g/mol. The quantitative estimate of drug-likeness (QED) is 0.648. The summed E-state index contributed by atoms with van der Waals surface area (Å²) in [5.41, 5.74) is 6.38. The van der Waals surface area contributed by atoms with Crippen LogP contribution >= 0.6 is 27.5 Å². The van der Waals surface area contributed by atoms with Gasteiger partial charge in [0.05, 0.1) is 6.04 Å². The summed E-state index contributed by atoms with van der Waals surface area (Å²) in [5, 5.41) is 0.753. The molecule has 2 nitrogen and oxygen atoms in total. The summed E-state index contributed by atoms with van der Waals surface area (Å²) in [6, 6.07) is 14.2. The van der Waals surface area contributed by atoms with Crippen LogP contribution in [0.25, 0.3) is 0 Å². The highest BCUT2D eigenvalue weighted by molar-refractivity contribution is 9.10. The number of halogens is 2. The van der Waals surface area contributed by atoms with E-state index in [1.54, 1.807) is 0 Å². The van der Waals surface area contributed by atoms with Crippen molar-refractivity contribution < 1.29 is 0 Å². The van der Waals surface area contributed by atoms with Crippen LogP contribution in [0.4, 0.5) is 0 Å². The van der Waals surface area contributed by atoms with E-state index in [4.69, 9.17) is 17.4 Å². The standard InChI is InChI=1S/C15H16BrClN2/c1-10-4-2-3-5-13(10)15(19-18)8-11-6-7-12(16)9-14(11)17/h2-7,9,15,19H,8,18H2,1H3. The third kappa shape index (κ3) is 3.57. The lowest BCUT2D eigenvalue weighted by molar-refractivity contribution is 0.549. The van der Waals surface area contributed by atoms with Gasteiger partial charge in [0.1, 0.15) is 0 Å². The van der Waals surface area contributed by atoms with Crippen molar-refractivity contribution in [3.05, 3.63) is 68.7 Å². The van der Waals surface area contributed by atoms with Crippen molar-refractivity contribution in [2.75, 3.05) is 0 Å². The fraction of sp³-hybridized carbons (Fsp3) is 0.200. The van der Waals surface area contributed by atoms with Crippen LogP contribution in [0.15, 0.2) is 46.9 Å². The molecule has 4 heteroatoms. The molecule has 1 atom stereocenters. The molecule has 1 unspecified atom stereocenters. The van der Waals surface area contributed by atoms with Crippen molar-refractivity contribution >= 4 is 27.5 Å². The van der Waals surface area contributed by atoms with Crippen LogP contribution < -0.4 is 11.3 Å². The highest BCUT2D eigenvalue weighted by atomic mass is 79.9. The first kappa shape index (κ1) is 14.5. The second-order valence-electron chi connectivity index (χ2n) is 4.52. The predicted molar refractivity (Wildman–Crippen MR) is 84.1 cm³/mol. The molecule has 0 saturated carbocycles. The van der Waals surface area contributed by atoms with Gasteiger partial charge in [-0.3, -0.25) is 11.3 Å². The van der Waals surface area contributed by atoms with Crippen molar-refractivity contribution in [2.24, 2.45) is 5.84 Å². The van der Waals surface area contributed by atoms with Gasteiger partial charge in [0.25, 0.3) is 0 Å². The van der Waals surface area contributed by atoms with Gasteiger partial charge in [-0.15, -0.1) is 0 Å². The number of nitrogens with one attached hydrogen (secondary N) is 1. The zero-order valence-corrected chi connectivity index (χ0v) is 13.0. The average Bonchev–Trinajstić information content (AvgIpc) is 2.39. The van der Waals surface area contributed by atoms with E-state index in [-0.39, 0.29) is 6.04 Å². The van der Waals surface area contributed by atoms with Gasteiger partial charge in [-0.05, 0) is 42.2 Å². The Morgan fingerprint density at radius 1 is 1.26 bits per heavy atom. The van der Waals surface area contributed by atoms with Gasteiger partial charge in [-0.1, -0.05) is 57.9 Å². The third-order valence-electron chi connectivity index (χ3n) is 3.20. The number of hydrogen-bond donors (Lipinski definition) is 2. The Hall–Kier alpha value is -0.870. The number of hydrogen-bond acceptors (Lipinski definition) is 2. The zero-order chi connectivity index (χ0) is 13.8. The predicted octanol–water partition coefficient (Wildman–Crippen LogP) is 4.16. The van der Waals surface area contributed by atoms with E-state index < -0.39 is 0 Å². The molecule has 0 saturated heterocycles. The summed E-state index contributed by atoms with van der Waals surface area (Å²) < 4.78 is 0.981. The van der Waals surface area contributed by atoms with Gasteiger partial charge in [0.15, 0.2) is 0 Å². The Bertz CT molecular complexity index is 572. The molecule has 0 fully saturated rings. The van der Waals surface area contributed by atoms with Gasteiger partial charge in [0, 0.05) is 9.50 Å². The van der Waals surface area contributed by atoms with E-state index in [1.807, 2.05) is 30.3 Å². The minimum Gasteiger partial charge on any atom is -0.271 e. The van der Waals surface area contributed by atoms with Gasteiger partial charge in [-0.2, -0.15) is 0 Å². The van der Waals surface area contributed by atoms with Crippen LogP contribution in [0.1, 0.15) is 22.7 Å². The van der Waals surface area contributed by atoms with E-state index in [0.29, 0.717) is 0 Å². The van der Waals surface area contributed by atoms with Gasteiger partial charge in [-0.25, -0.2) is 0 Å². The molecule has 2 aromatic rings. The minimum atomic E-state index is 0.0554. The number of aryl methyl sites for hydroxylation is 1. The highest BCUT2D eigenvalue weighted by Gasteiger charge is 2.14. The molecule has 0 heterocycles. The van der Waals surface area contributed by atoms with Crippen LogP contribution in [-0.4, -0.2) is 0 Å². The summed E-state index contributed by atoms with van der Waals surface area (Å²) in [7, 11) is 0. The molecule has 0 aromatic heterocycles. The lowest BCUT2D eigenvalue weighted by atomic mass is 9.96. The first-order valence-corrected chi connectivity index (χ1v) is 7.24. The van der Waals surface area contributed by atoms with Crippen molar-refractivity contribution in [3.63, 3.8) is 0 Å². The summed E-state index contributed by atoms with van der Waals surface area (Å²) in [5.74, 6) is 5.70. The van der Waals surface area contributed by atoms with Crippen molar-refractivity contribution in [2.45, 2.75) is 19.4 Å². The van der Waals surface area contributed by atoms with Crippen molar-refractivity contribution in [1.82, 2.24) is 5.43 Å². The number of benzene rings is 2. The van der Waals surface area contributed by atoms with Crippen LogP contribution in [0, 0.1) is 6.92 Å². The topological polar surface area (TPSA) is 38.0 Å². The fourth-order valence-electron chi connectivity index (χ4n) is 2.14. The Kier molecular flexibility index (Phi) is 4.99. The molecular formula is C15H16BrClN2. The van der Waals surface area contributed by atoms with E-state index in [9.17, 15) is 0 Å². The Labute approximate surface area is 127 Å². The molecular weight excluding hydrogens is 324 g/mol. The summed E-state index contributed by atoms with van der Waals surface area (Å²) in [4.78, 5) is 0. The third-order valence-corrected chi connectivity index (χ3v) is 4.05. The summed E-state index contributed by atoms with van der Waals surface area (Å²) in [6.45, 7) is 2.09. The molecule has 3 N–H and O–H groups in total. The molecule has 19 heavy (non-hydrogen) atoms. The first-order valence-electron chi connectivity index (χ1n) is 6.07. The van der Waals surface area contributed by atoms with Crippen molar-refractivity contribution in [3.8, 4) is 0 Å². The minimum absolute atomic E-state index is 0.0554. The van der Waals surface area contributed by atoms with Crippen LogP contribution in [-0.2, 0) is 6.42 Å². The van der Waals surface area contributed by atoms with Crippen LogP contribution in [0.2, 0.25) is 5.02 Å². The summed E-state index contributed by atoms with van der Waals surface area (Å²) >= 11 is 9.67. The Morgan fingerprint density at radius 3 is 2.63 bits per heavy atom. The number of nitrogens with two attached hydrogens (primary N) is 1. The smallest absolute Gasteiger partial charge is 0.0503 e. The lowest BCUT2D eigenvalue weighted by Gasteiger charge is -2.19. The Morgan fingerprint density at radius 2 is 2.00 bits per heavy atom. The molecule has 0 aliphatic heterocycles. The second kappa shape index (κ2) is 6.53. The first-order chi connectivity index (χ1) is 9.11. The molecule has 0 bridgehead atoms. The van der Waals surface area contributed by atoms with E-state index in [2.05, 4.69) is 40.4 Å². The molecule has 100 valence electrons. The molecule has 0 radical (unpaired) electrons. The van der Waals surface area contributed by atoms with Gasteiger partial charge < -0.3 is 0 Å². The maximum atomic E-state index is 6.26. The highest BCUT2D eigenvalue weighted by Crippen LogP contribution is 2.27. The molecule has 2 rings (SSSR count). The molecule has 0 amide bonds. The lowest BCUT2D eigenvalue weighted by Crippen LogP contribution is -2.30. The number of rotatable bonds is 4. The van der Waals surface area contributed by atoms with Crippen LogP contribution in [0.3, 0.4) is 0 Å². The number of hydrazine groups is 1. The SMILES string of the molecule is Cc1ccccc1C(Cc1ccc(Br)cc1Cl)NN. The molecule has 0 aliphatic carbocycles. The fourth-order valence-corrected chi connectivity index (χ4v) is 2.89. The largest absolute Gasteiger partial charge is 0.271 e. The van der Waals surface area contributed by atoms with E-state index in [1.165, 1.54) is 11.1 Å². The normalized spacial score (nSPS) is 12.4. The van der Waals surface area contributed by atoms with Gasteiger partial charge in [0.2, 0.25) is 0 Å². The van der Waals surface area contributed by atoms with Crippen molar-refractivity contribution in [1.29, 1.82) is 0 Å². The molecule has 0 spiro atoms. The van der Waals surface area contributed by atoms with E-state index >= 15 is 0 Å². The molecule has 2 aromatic carbocycles. The summed E-state index contributed by atoms with van der Waals surface area (Å²) in [6.07, 6.45) is 0.757. The van der Waals surface area contributed by atoms with Gasteiger partial charge >= 0.3 is 0 Å². The zero-order valence-electron chi connectivity index (χ0n) is 10.7. The average molecular weight is 340 g/mol. The molecule has 0 aliphatic rings. The van der Waals surface area contributed by atoms with Crippen LogP contribution in [0.5, 0.6) is 0 Å². The Balaban J connectivity index is 2.27. The van der Waals surface area contributed by atoms with E-state index in [0.717, 1.165) is 21.5 Å². The second-order valence-corrected chi connectivity index (χ2v) is 5.84. The maximum Gasteiger partial charge on any atom is 0.0503 e.